The highest BCUT2D eigenvalue weighted by molar-refractivity contribution is 7.99. The van der Waals surface area contributed by atoms with Crippen LogP contribution in [0.1, 0.15) is 49.6 Å². The van der Waals surface area contributed by atoms with Crippen molar-refractivity contribution in [2.45, 2.75) is 58.2 Å². The second kappa shape index (κ2) is 11.0. The Morgan fingerprint density at radius 2 is 2.14 bits per heavy atom. The molecule has 0 bridgehead atoms. The van der Waals surface area contributed by atoms with Crippen molar-refractivity contribution in [3.05, 3.63) is 58.7 Å². The van der Waals surface area contributed by atoms with E-state index in [4.69, 9.17) is 0 Å². The minimum atomic E-state index is -0.323. The van der Waals surface area contributed by atoms with Crippen LogP contribution in [0.3, 0.4) is 0 Å². The Kier molecular flexibility index (Phi) is 7.96. The van der Waals surface area contributed by atoms with Crippen molar-refractivity contribution in [3.8, 4) is 17.5 Å². The molecule has 0 aliphatic heterocycles. The van der Waals surface area contributed by atoms with Crippen LogP contribution >= 0.6 is 23.1 Å². The van der Waals surface area contributed by atoms with Crippen molar-refractivity contribution in [2.75, 3.05) is 11.1 Å². The summed E-state index contributed by atoms with van der Waals surface area (Å²) in [5.41, 5.74) is 2.69. The van der Waals surface area contributed by atoms with Gasteiger partial charge in [0.05, 0.1) is 11.3 Å². The lowest BCUT2D eigenvalue weighted by atomic mass is 9.69. The highest BCUT2D eigenvalue weighted by atomic mass is 32.2. The van der Waals surface area contributed by atoms with Gasteiger partial charge in [-0.2, -0.15) is 5.26 Å². The van der Waals surface area contributed by atoms with Gasteiger partial charge in [0.15, 0.2) is 11.0 Å². The Morgan fingerprint density at radius 1 is 1.39 bits per heavy atom. The van der Waals surface area contributed by atoms with Gasteiger partial charge in [0.25, 0.3) is 0 Å². The van der Waals surface area contributed by atoms with Crippen LogP contribution in [0, 0.1) is 28.5 Å². The molecule has 0 radical (unpaired) electrons. The quantitative estimate of drug-likeness (QED) is 0.256. The van der Waals surface area contributed by atoms with Gasteiger partial charge in [-0.3, -0.25) is 9.36 Å². The number of benzene rings is 1. The van der Waals surface area contributed by atoms with E-state index in [0.29, 0.717) is 34.0 Å². The molecule has 188 valence electrons. The number of anilines is 1. The molecule has 1 N–H and O–H groups in total. The Bertz CT molecular complexity index is 1300. The molecule has 36 heavy (non-hydrogen) atoms. The minimum Gasteiger partial charge on any atom is -0.316 e. The lowest BCUT2D eigenvalue weighted by Gasteiger charge is -2.36. The van der Waals surface area contributed by atoms with Gasteiger partial charge in [-0.05, 0) is 60.4 Å². The molecule has 0 fully saturated rings. The van der Waals surface area contributed by atoms with Crippen LogP contribution < -0.4 is 5.32 Å². The van der Waals surface area contributed by atoms with Crippen LogP contribution in [0.4, 0.5) is 9.39 Å². The first-order chi connectivity index (χ1) is 17.3. The van der Waals surface area contributed by atoms with Gasteiger partial charge in [0.2, 0.25) is 5.91 Å². The average Bonchev–Trinajstić information content (AvgIpc) is 3.43. The Labute approximate surface area is 219 Å². The molecule has 0 saturated heterocycles. The predicted octanol–water partition coefficient (Wildman–Crippen LogP) is 6.48. The molecule has 6 nitrogen and oxygen atoms in total. The number of hydrogen-bond donors (Lipinski definition) is 1. The largest absolute Gasteiger partial charge is 0.316 e. The second-order valence-corrected chi connectivity index (χ2v) is 11.7. The monoisotopic (exact) mass is 523 g/mol. The topological polar surface area (TPSA) is 83.6 Å². The summed E-state index contributed by atoms with van der Waals surface area (Å²) >= 11 is 2.81. The van der Waals surface area contributed by atoms with Crippen LogP contribution in [-0.4, -0.2) is 26.4 Å². The van der Waals surface area contributed by atoms with Crippen LogP contribution in [0.2, 0.25) is 0 Å². The molecular formula is C27H30FN5OS2. The minimum absolute atomic E-state index is 0.123. The first-order valence-electron chi connectivity index (χ1n) is 12.0. The number of hydrogen-bond acceptors (Lipinski definition) is 6. The Balaban J connectivity index is 1.46. The molecule has 2 aromatic heterocycles. The van der Waals surface area contributed by atoms with E-state index in [1.807, 2.05) is 4.57 Å². The van der Waals surface area contributed by atoms with E-state index < -0.39 is 0 Å². The summed E-state index contributed by atoms with van der Waals surface area (Å²) in [6, 6.07) is 8.37. The summed E-state index contributed by atoms with van der Waals surface area (Å²) in [6.45, 7) is 11.1. The molecule has 1 aliphatic rings. The van der Waals surface area contributed by atoms with E-state index in [2.05, 4.69) is 48.9 Å². The highest BCUT2D eigenvalue weighted by Gasteiger charge is 2.34. The van der Waals surface area contributed by atoms with Crippen molar-refractivity contribution in [3.63, 3.8) is 0 Å². The first-order valence-corrected chi connectivity index (χ1v) is 13.8. The number of thioether (sulfide) groups is 1. The summed E-state index contributed by atoms with van der Waals surface area (Å²) in [4.78, 5) is 14.1. The van der Waals surface area contributed by atoms with E-state index in [-0.39, 0.29) is 22.9 Å². The number of thiophene rings is 1. The summed E-state index contributed by atoms with van der Waals surface area (Å²) in [6.07, 6.45) is 5.74. The molecular weight excluding hydrogens is 493 g/mol. The third-order valence-electron chi connectivity index (χ3n) is 7.11. The Hall–Kier alpha value is -2.96. The number of rotatable bonds is 9. The molecule has 1 amide bonds. The molecule has 0 saturated carbocycles. The molecule has 1 atom stereocenters. The van der Waals surface area contributed by atoms with E-state index in [1.165, 1.54) is 40.1 Å². The molecule has 9 heteroatoms. The van der Waals surface area contributed by atoms with Gasteiger partial charge in [-0.1, -0.05) is 45.0 Å². The summed E-state index contributed by atoms with van der Waals surface area (Å²) in [5, 5.41) is 22.5. The maximum absolute atomic E-state index is 13.3. The number of fused-ring (bicyclic) bond motifs is 1. The lowest BCUT2D eigenvalue weighted by Crippen LogP contribution is -2.28. The third kappa shape index (κ3) is 5.40. The van der Waals surface area contributed by atoms with Gasteiger partial charge in [-0.25, -0.2) is 4.39 Å². The van der Waals surface area contributed by atoms with Crippen molar-refractivity contribution < 1.29 is 9.18 Å². The van der Waals surface area contributed by atoms with Gasteiger partial charge >= 0.3 is 0 Å². The number of carbonyl (C=O) groups is 1. The maximum Gasteiger partial charge on any atom is 0.235 e. The number of nitriles is 1. The molecule has 1 unspecified atom stereocenters. The van der Waals surface area contributed by atoms with E-state index in [0.717, 1.165) is 36.8 Å². The molecule has 1 aromatic carbocycles. The molecule has 2 heterocycles. The number of nitrogens with one attached hydrogen (secondary N) is 1. The third-order valence-corrected chi connectivity index (χ3v) is 9.25. The van der Waals surface area contributed by atoms with Crippen molar-refractivity contribution >= 4 is 34.0 Å². The fourth-order valence-corrected chi connectivity index (χ4v) is 6.58. The summed E-state index contributed by atoms with van der Waals surface area (Å²) in [5.74, 6) is 0.761. The number of carbonyl (C=O) groups excluding carboxylic acids is 1. The summed E-state index contributed by atoms with van der Waals surface area (Å²) < 4.78 is 15.2. The van der Waals surface area contributed by atoms with Crippen molar-refractivity contribution in [1.29, 1.82) is 5.26 Å². The van der Waals surface area contributed by atoms with Gasteiger partial charge in [-0.15, -0.1) is 28.1 Å². The lowest BCUT2D eigenvalue weighted by molar-refractivity contribution is -0.113. The van der Waals surface area contributed by atoms with Crippen LogP contribution in [0.15, 0.2) is 42.1 Å². The number of nitrogens with zero attached hydrogens (tertiary/aromatic N) is 4. The number of aromatic nitrogens is 3. The number of allylic oxidation sites excluding steroid dienone is 1. The fraction of sp³-hybridized carbons (Fsp3) is 0.407. The zero-order valence-electron chi connectivity index (χ0n) is 20.8. The normalized spacial score (nSPS) is 15.2. The smallest absolute Gasteiger partial charge is 0.235 e. The van der Waals surface area contributed by atoms with Crippen molar-refractivity contribution in [2.24, 2.45) is 11.3 Å². The molecule has 0 spiro atoms. The average molecular weight is 524 g/mol. The number of halogens is 1. The first kappa shape index (κ1) is 26.1. The van der Waals surface area contributed by atoms with E-state index in [1.54, 1.807) is 18.2 Å². The van der Waals surface area contributed by atoms with Crippen LogP contribution in [-0.2, 0) is 24.2 Å². The van der Waals surface area contributed by atoms with Gasteiger partial charge in [0.1, 0.15) is 16.9 Å². The maximum atomic E-state index is 13.3. The van der Waals surface area contributed by atoms with Crippen LogP contribution in [0.5, 0.6) is 0 Å². The van der Waals surface area contributed by atoms with Crippen LogP contribution in [0.25, 0.3) is 11.4 Å². The standard InChI is InChI=1S/C27H30FN5OS2/c1-5-13-33-24(17-7-10-19(28)11-8-17)31-32-26(33)35-16-23(34)30-25-21(15-29)20-12-9-18(14-22(20)36-25)27(3,4)6-2/h5,7-8,10-11,18H,1,6,9,12-14,16H2,2-4H3,(H,30,34). The highest BCUT2D eigenvalue weighted by Crippen LogP contribution is 2.45. The van der Waals surface area contributed by atoms with Gasteiger partial charge in [0, 0.05) is 17.0 Å². The molecule has 3 aromatic rings. The predicted molar refractivity (Wildman–Crippen MR) is 144 cm³/mol. The fourth-order valence-electron chi connectivity index (χ4n) is 4.54. The molecule has 4 rings (SSSR count). The SMILES string of the molecule is C=CCn1c(SCC(=O)Nc2sc3c(c2C#N)CCC(C(C)(C)CC)C3)nnc1-c1ccc(F)cc1. The van der Waals surface area contributed by atoms with Gasteiger partial charge < -0.3 is 5.32 Å². The number of amides is 1. The zero-order valence-corrected chi connectivity index (χ0v) is 22.4. The van der Waals surface area contributed by atoms with E-state index in [9.17, 15) is 14.4 Å². The zero-order chi connectivity index (χ0) is 25.9. The van der Waals surface area contributed by atoms with E-state index >= 15 is 0 Å². The second-order valence-electron chi connectivity index (χ2n) is 9.65. The molecule has 1 aliphatic carbocycles. The summed E-state index contributed by atoms with van der Waals surface area (Å²) in [7, 11) is 0. The van der Waals surface area contributed by atoms with Crippen molar-refractivity contribution in [1.82, 2.24) is 14.8 Å². The Morgan fingerprint density at radius 3 is 2.81 bits per heavy atom.